The van der Waals surface area contributed by atoms with Crippen molar-refractivity contribution >= 4 is 46.3 Å². The zero-order valence-electron chi connectivity index (χ0n) is 29.1. The van der Waals surface area contributed by atoms with Gasteiger partial charge in [-0.05, 0) is 61.9 Å². The van der Waals surface area contributed by atoms with Gasteiger partial charge in [0.1, 0.15) is 12.1 Å². The molecule has 10 nitrogen and oxygen atoms in total. The zero-order chi connectivity index (χ0) is 36.0. The molecule has 0 spiro atoms. The van der Waals surface area contributed by atoms with Gasteiger partial charge in [0.05, 0.1) is 23.0 Å². The largest absolute Gasteiger partial charge is 0.381 e. The summed E-state index contributed by atoms with van der Waals surface area (Å²) in [5.41, 5.74) is 3.85. The van der Waals surface area contributed by atoms with Gasteiger partial charge in [0.25, 0.3) is 11.8 Å². The number of nitrogens with zero attached hydrogens (tertiary/aromatic N) is 2. The topological polar surface area (TPSA) is 141 Å². The molecule has 5 rings (SSSR count). The van der Waals surface area contributed by atoms with Crippen molar-refractivity contribution < 1.29 is 24.3 Å². The van der Waals surface area contributed by atoms with E-state index in [2.05, 4.69) is 20.9 Å². The first-order chi connectivity index (χ1) is 23.9. The van der Waals surface area contributed by atoms with Crippen LogP contribution in [0.3, 0.4) is 0 Å². The van der Waals surface area contributed by atoms with E-state index in [1.807, 2.05) is 99.6 Å². The summed E-state index contributed by atoms with van der Waals surface area (Å²) >= 11 is 1.45. The summed E-state index contributed by atoms with van der Waals surface area (Å²) in [4.78, 5) is 60.8. The van der Waals surface area contributed by atoms with Crippen LogP contribution < -0.4 is 16.0 Å². The SMILES string of the molecule is Cc1ccccc1CNC(=O)[C@H]1N(C(=O)[C@@H](O)[C@H](Cc2ccccc2)NC(=O)[C@@H](NC(=O)c2cnc3ccccc3c2)C(C)C)CSC1(C)C. The van der Waals surface area contributed by atoms with E-state index in [-0.39, 0.29) is 24.1 Å². The number of carbonyl (C=O) groups excluding carboxylic acids is 4. The summed E-state index contributed by atoms with van der Waals surface area (Å²) in [6.07, 6.45) is -0.0634. The van der Waals surface area contributed by atoms with E-state index in [1.54, 1.807) is 19.9 Å². The Labute approximate surface area is 297 Å². The number of hydrogen-bond donors (Lipinski definition) is 4. The first-order valence-electron chi connectivity index (χ1n) is 16.8. The third-order valence-corrected chi connectivity index (χ3v) is 10.5. The number of nitrogens with one attached hydrogen (secondary N) is 3. The maximum atomic E-state index is 14.1. The molecule has 4 atom stereocenters. The van der Waals surface area contributed by atoms with Crippen molar-refractivity contribution in [1.82, 2.24) is 25.8 Å². The number of pyridine rings is 1. The van der Waals surface area contributed by atoms with Gasteiger partial charge in [-0.2, -0.15) is 0 Å². The Balaban J connectivity index is 1.34. The van der Waals surface area contributed by atoms with E-state index < -0.39 is 46.7 Å². The van der Waals surface area contributed by atoms with Crippen LogP contribution in [-0.2, 0) is 27.3 Å². The fraction of sp³-hybridized carbons (Fsp3) is 0.359. The molecule has 262 valence electrons. The lowest BCUT2D eigenvalue weighted by Gasteiger charge is -2.34. The number of amides is 4. The van der Waals surface area contributed by atoms with Crippen molar-refractivity contribution in [3.63, 3.8) is 0 Å². The monoisotopic (exact) mass is 695 g/mol. The highest BCUT2D eigenvalue weighted by atomic mass is 32.2. The number of rotatable bonds is 12. The van der Waals surface area contributed by atoms with Gasteiger partial charge in [-0.25, -0.2) is 0 Å². The highest BCUT2D eigenvalue weighted by molar-refractivity contribution is 8.00. The Bertz CT molecular complexity index is 1850. The minimum absolute atomic E-state index is 0.140. The number of para-hydroxylation sites is 1. The minimum atomic E-state index is -1.67. The number of aryl methyl sites for hydroxylation is 1. The Morgan fingerprint density at radius 2 is 1.64 bits per heavy atom. The van der Waals surface area contributed by atoms with Crippen LogP contribution in [0, 0.1) is 12.8 Å². The zero-order valence-corrected chi connectivity index (χ0v) is 29.9. The van der Waals surface area contributed by atoms with Gasteiger partial charge in [-0.3, -0.25) is 24.2 Å². The van der Waals surface area contributed by atoms with Gasteiger partial charge in [-0.15, -0.1) is 11.8 Å². The lowest BCUT2D eigenvalue weighted by molar-refractivity contribution is -0.148. The number of aromatic nitrogens is 1. The van der Waals surface area contributed by atoms with Crippen LogP contribution in [0.25, 0.3) is 10.9 Å². The number of fused-ring (bicyclic) bond motifs is 1. The summed E-state index contributed by atoms with van der Waals surface area (Å²) in [7, 11) is 0. The molecule has 1 saturated heterocycles. The predicted molar refractivity (Wildman–Crippen MR) is 196 cm³/mol. The molecule has 4 aromatic rings. The molecule has 1 aliphatic heterocycles. The molecule has 11 heteroatoms. The summed E-state index contributed by atoms with van der Waals surface area (Å²) in [6, 6.07) is 23.3. The van der Waals surface area contributed by atoms with Gasteiger partial charge < -0.3 is 26.0 Å². The van der Waals surface area contributed by atoms with Crippen molar-refractivity contribution in [2.24, 2.45) is 5.92 Å². The van der Waals surface area contributed by atoms with Gasteiger partial charge in [-0.1, -0.05) is 86.6 Å². The molecular weight excluding hydrogens is 651 g/mol. The highest BCUT2D eigenvalue weighted by Crippen LogP contribution is 2.40. The first kappa shape index (κ1) is 36.5. The Morgan fingerprint density at radius 1 is 0.960 bits per heavy atom. The molecule has 0 saturated carbocycles. The highest BCUT2D eigenvalue weighted by Gasteiger charge is 2.50. The number of aliphatic hydroxyl groups is 1. The van der Waals surface area contributed by atoms with Crippen molar-refractivity contribution in [1.29, 1.82) is 0 Å². The van der Waals surface area contributed by atoms with E-state index in [1.165, 1.54) is 22.9 Å². The van der Waals surface area contributed by atoms with Crippen LogP contribution in [0.1, 0.15) is 54.7 Å². The third kappa shape index (κ3) is 8.51. The molecule has 4 N–H and O–H groups in total. The number of aliphatic hydroxyl groups excluding tert-OH is 1. The van der Waals surface area contributed by atoms with Crippen LogP contribution in [0.4, 0.5) is 0 Å². The molecule has 0 bridgehead atoms. The molecule has 2 heterocycles. The van der Waals surface area contributed by atoms with Crippen LogP contribution >= 0.6 is 11.8 Å². The van der Waals surface area contributed by atoms with Gasteiger partial charge >= 0.3 is 0 Å². The standard InChI is InChI=1S/C39H45N5O5S/c1-24(2)32(43-35(46)29-20-27-16-11-12-18-30(27)40-22-29)36(47)42-31(19-26-14-7-6-8-15-26)33(45)38(49)44-23-50-39(4,5)34(44)37(48)41-21-28-17-10-9-13-25(28)3/h6-18,20,22,24,31-34,45H,19,21,23H2,1-5H3,(H,41,48)(H,42,47)(H,43,46)/t31-,32-,33-,34+/m0/s1. The normalized spacial score (nSPS) is 17.2. The van der Waals surface area contributed by atoms with E-state index in [0.717, 1.165) is 27.6 Å². The Kier molecular flexibility index (Phi) is 11.6. The molecule has 0 aliphatic carbocycles. The van der Waals surface area contributed by atoms with E-state index in [0.29, 0.717) is 12.1 Å². The second-order valence-corrected chi connectivity index (χ2v) is 15.2. The van der Waals surface area contributed by atoms with Gasteiger partial charge in [0.15, 0.2) is 6.10 Å². The van der Waals surface area contributed by atoms with Gasteiger partial charge in [0.2, 0.25) is 11.8 Å². The van der Waals surface area contributed by atoms with Crippen LogP contribution in [0.2, 0.25) is 0 Å². The fourth-order valence-electron chi connectivity index (χ4n) is 6.18. The van der Waals surface area contributed by atoms with Crippen molar-refractivity contribution in [3.8, 4) is 0 Å². The van der Waals surface area contributed by atoms with E-state index in [4.69, 9.17) is 0 Å². The fourth-order valence-corrected chi connectivity index (χ4v) is 7.32. The first-order valence-corrected chi connectivity index (χ1v) is 17.8. The molecule has 1 fully saturated rings. The van der Waals surface area contributed by atoms with Gasteiger partial charge in [0, 0.05) is 22.9 Å². The third-order valence-electron chi connectivity index (χ3n) is 9.14. The molecule has 0 radical (unpaired) electrons. The number of benzene rings is 3. The number of thioether (sulfide) groups is 1. The quantitative estimate of drug-likeness (QED) is 0.173. The molecule has 50 heavy (non-hydrogen) atoms. The van der Waals surface area contributed by atoms with Crippen molar-refractivity contribution in [2.45, 2.75) is 76.6 Å². The maximum Gasteiger partial charge on any atom is 0.254 e. The van der Waals surface area contributed by atoms with Crippen LogP contribution in [0.15, 0.2) is 91.1 Å². The minimum Gasteiger partial charge on any atom is -0.381 e. The molecular formula is C39H45N5O5S. The lowest BCUT2D eigenvalue weighted by Crippen LogP contribution is -2.60. The summed E-state index contributed by atoms with van der Waals surface area (Å²) in [5.74, 6) is -2.12. The summed E-state index contributed by atoms with van der Waals surface area (Å²) < 4.78 is -0.631. The average molecular weight is 696 g/mol. The molecule has 4 amide bonds. The summed E-state index contributed by atoms with van der Waals surface area (Å²) in [6.45, 7) is 9.69. The Morgan fingerprint density at radius 3 is 2.36 bits per heavy atom. The van der Waals surface area contributed by atoms with E-state index >= 15 is 0 Å². The molecule has 1 aromatic heterocycles. The van der Waals surface area contributed by atoms with E-state index in [9.17, 15) is 24.3 Å². The van der Waals surface area contributed by atoms with Crippen molar-refractivity contribution in [3.05, 3.63) is 113 Å². The average Bonchev–Trinajstić information content (AvgIpc) is 3.43. The smallest absolute Gasteiger partial charge is 0.254 e. The second-order valence-electron chi connectivity index (χ2n) is 13.6. The Hall–Kier alpha value is -4.74. The lowest BCUT2D eigenvalue weighted by atomic mass is 9.96. The van der Waals surface area contributed by atoms with Crippen LogP contribution in [-0.4, -0.2) is 73.5 Å². The van der Waals surface area contributed by atoms with Crippen LogP contribution in [0.5, 0.6) is 0 Å². The molecule has 1 aliphatic rings. The maximum absolute atomic E-state index is 14.1. The summed E-state index contributed by atoms with van der Waals surface area (Å²) in [5, 5.41) is 21.2. The second kappa shape index (κ2) is 15.9. The molecule has 3 aromatic carbocycles. The predicted octanol–water partition coefficient (Wildman–Crippen LogP) is 4.38. The number of carbonyl (C=O) groups is 4. The van der Waals surface area contributed by atoms with Crippen molar-refractivity contribution in [2.75, 3.05) is 5.88 Å². The number of hydrogen-bond acceptors (Lipinski definition) is 7. The molecule has 0 unspecified atom stereocenters.